The van der Waals surface area contributed by atoms with E-state index in [0.717, 1.165) is 0 Å². The van der Waals surface area contributed by atoms with Crippen LogP contribution >= 0.6 is 0 Å². The lowest BCUT2D eigenvalue weighted by Crippen LogP contribution is -2.27. The van der Waals surface area contributed by atoms with Crippen LogP contribution in [0.25, 0.3) is 0 Å². The molecule has 0 amide bonds. The first-order chi connectivity index (χ1) is 7.44. The van der Waals surface area contributed by atoms with Crippen molar-refractivity contribution in [1.82, 2.24) is 9.97 Å². The highest BCUT2D eigenvalue weighted by Crippen LogP contribution is 2.19. The Labute approximate surface area is 96.0 Å². The van der Waals surface area contributed by atoms with Crippen molar-refractivity contribution in [3.8, 4) is 5.88 Å². The molecule has 0 aliphatic rings. The normalized spacial score (nSPS) is 13.6. The van der Waals surface area contributed by atoms with Gasteiger partial charge in [-0.05, 0) is 20.8 Å². The number of ether oxygens (including phenoxy) is 2. The van der Waals surface area contributed by atoms with E-state index in [-0.39, 0.29) is 11.6 Å². The van der Waals surface area contributed by atoms with Crippen LogP contribution in [0.1, 0.15) is 32.5 Å². The predicted octanol–water partition coefficient (Wildman–Crippen LogP) is 1.30. The number of hydrogen-bond acceptors (Lipinski definition) is 5. The minimum Gasteiger partial charge on any atom is -0.480 e. The summed E-state index contributed by atoms with van der Waals surface area (Å²) in [7, 11) is 1.55. The van der Waals surface area contributed by atoms with E-state index in [1.807, 2.05) is 20.8 Å². The first kappa shape index (κ1) is 12.9. The van der Waals surface area contributed by atoms with Crippen molar-refractivity contribution in [2.75, 3.05) is 13.7 Å². The highest BCUT2D eigenvalue weighted by atomic mass is 16.5. The van der Waals surface area contributed by atoms with Crippen LogP contribution in [-0.4, -0.2) is 29.3 Å². The molecule has 1 rings (SSSR count). The van der Waals surface area contributed by atoms with Crippen LogP contribution < -0.4 is 10.5 Å². The van der Waals surface area contributed by atoms with E-state index in [2.05, 4.69) is 9.97 Å². The Kier molecular flexibility index (Phi) is 4.20. The molecule has 0 aliphatic carbocycles. The smallest absolute Gasteiger partial charge is 0.237 e. The van der Waals surface area contributed by atoms with Crippen molar-refractivity contribution in [3.63, 3.8) is 0 Å². The molecule has 2 N–H and O–H groups in total. The van der Waals surface area contributed by atoms with Crippen LogP contribution in [0, 0.1) is 0 Å². The fourth-order valence-corrected chi connectivity index (χ4v) is 1.17. The summed E-state index contributed by atoms with van der Waals surface area (Å²) in [5, 5.41) is 0. The minimum absolute atomic E-state index is 0.215. The highest BCUT2D eigenvalue weighted by molar-refractivity contribution is 5.20. The Morgan fingerprint density at radius 3 is 2.50 bits per heavy atom. The standard InChI is InChI=1S/C11H19N3O2/c1-11(2,3)16-7-8(12)9-10(15-4)14-6-5-13-9/h5-6,8H,7,12H2,1-4H3. The molecular formula is C11H19N3O2. The predicted molar refractivity (Wildman–Crippen MR) is 61.2 cm³/mol. The molecule has 0 saturated carbocycles. The molecule has 0 aliphatic heterocycles. The topological polar surface area (TPSA) is 70.3 Å². The molecule has 0 spiro atoms. The molecule has 1 atom stereocenters. The number of nitrogens with zero attached hydrogens (tertiary/aromatic N) is 2. The zero-order chi connectivity index (χ0) is 12.2. The van der Waals surface area contributed by atoms with Gasteiger partial charge >= 0.3 is 0 Å². The summed E-state index contributed by atoms with van der Waals surface area (Å²) in [6, 6.07) is -0.331. The fourth-order valence-electron chi connectivity index (χ4n) is 1.17. The van der Waals surface area contributed by atoms with Gasteiger partial charge in [-0.1, -0.05) is 0 Å². The van der Waals surface area contributed by atoms with E-state index in [0.29, 0.717) is 18.2 Å². The highest BCUT2D eigenvalue weighted by Gasteiger charge is 2.18. The number of methoxy groups -OCH3 is 1. The first-order valence-corrected chi connectivity index (χ1v) is 5.18. The van der Waals surface area contributed by atoms with Crippen LogP contribution in [0.15, 0.2) is 12.4 Å². The Morgan fingerprint density at radius 2 is 1.94 bits per heavy atom. The Morgan fingerprint density at radius 1 is 1.31 bits per heavy atom. The largest absolute Gasteiger partial charge is 0.480 e. The Bertz CT molecular complexity index is 336. The molecule has 5 nitrogen and oxygen atoms in total. The van der Waals surface area contributed by atoms with Gasteiger partial charge in [0.2, 0.25) is 5.88 Å². The van der Waals surface area contributed by atoms with Gasteiger partial charge in [-0.15, -0.1) is 0 Å². The molecule has 0 saturated heterocycles. The number of aromatic nitrogens is 2. The van der Waals surface area contributed by atoms with Gasteiger partial charge in [0.15, 0.2) is 0 Å². The van der Waals surface area contributed by atoms with Crippen LogP contribution in [0.2, 0.25) is 0 Å². The molecule has 0 bridgehead atoms. The summed E-state index contributed by atoms with van der Waals surface area (Å²) in [6.45, 7) is 6.33. The molecule has 5 heteroatoms. The van der Waals surface area contributed by atoms with E-state index >= 15 is 0 Å². The second-order valence-corrected chi connectivity index (χ2v) is 4.48. The zero-order valence-corrected chi connectivity index (χ0v) is 10.2. The number of nitrogens with two attached hydrogens (primary N) is 1. The monoisotopic (exact) mass is 225 g/mol. The van der Waals surface area contributed by atoms with E-state index in [1.165, 1.54) is 0 Å². The maximum absolute atomic E-state index is 5.97. The average molecular weight is 225 g/mol. The van der Waals surface area contributed by atoms with Crippen LogP contribution in [-0.2, 0) is 4.74 Å². The second-order valence-electron chi connectivity index (χ2n) is 4.48. The van der Waals surface area contributed by atoms with Crippen LogP contribution in [0.3, 0.4) is 0 Å². The maximum Gasteiger partial charge on any atom is 0.237 e. The van der Waals surface area contributed by atoms with Crippen molar-refractivity contribution in [2.24, 2.45) is 5.73 Å². The SMILES string of the molecule is COc1nccnc1C(N)COC(C)(C)C. The van der Waals surface area contributed by atoms with Gasteiger partial charge in [-0.2, -0.15) is 0 Å². The van der Waals surface area contributed by atoms with Gasteiger partial charge in [0.25, 0.3) is 0 Å². The van der Waals surface area contributed by atoms with E-state index in [4.69, 9.17) is 15.2 Å². The second kappa shape index (κ2) is 5.23. The van der Waals surface area contributed by atoms with Crippen molar-refractivity contribution in [1.29, 1.82) is 0 Å². The zero-order valence-electron chi connectivity index (χ0n) is 10.2. The molecule has 1 aromatic heterocycles. The fraction of sp³-hybridized carbons (Fsp3) is 0.636. The third-order valence-corrected chi connectivity index (χ3v) is 1.93. The molecule has 0 aromatic carbocycles. The van der Waals surface area contributed by atoms with Gasteiger partial charge in [-0.3, -0.25) is 4.98 Å². The van der Waals surface area contributed by atoms with Gasteiger partial charge in [0, 0.05) is 12.4 Å². The molecule has 1 unspecified atom stereocenters. The lowest BCUT2D eigenvalue weighted by Gasteiger charge is -2.22. The molecule has 1 aromatic rings. The van der Waals surface area contributed by atoms with Gasteiger partial charge in [-0.25, -0.2) is 4.98 Å². The molecule has 0 fully saturated rings. The number of hydrogen-bond donors (Lipinski definition) is 1. The lowest BCUT2D eigenvalue weighted by molar-refractivity contribution is -0.0109. The van der Waals surface area contributed by atoms with Gasteiger partial charge in [0.1, 0.15) is 5.69 Å². The van der Waals surface area contributed by atoms with E-state index < -0.39 is 0 Å². The summed E-state index contributed by atoms with van der Waals surface area (Å²) >= 11 is 0. The summed E-state index contributed by atoms with van der Waals surface area (Å²) in [6.07, 6.45) is 3.16. The van der Waals surface area contributed by atoms with Crippen molar-refractivity contribution < 1.29 is 9.47 Å². The molecule has 1 heterocycles. The molecule has 16 heavy (non-hydrogen) atoms. The Hall–Kier alpha value is -1.20. The Balaban J connectivity index is 2.69. The van der Waals surface area contributed by atoms with E-state index in [9.17, 15) is 0 Å². The molecule has 0 radical (unpaired) electrons. The molecular weight excluding hydrogens is 206 g/mol. The van der Waals surface area contributed by atoms with Gasteiger partial charge in [0.05, 0.1) is 25.4 Å². The van der Waals surface area contributed by atoms with Crippen LogP contribution in [0.5, 0.6) is 5.88 Å². The summed E-state index contributed by atoms with van der Waals surface area (Å²) in [5.41, 5.74) is 6.38. The summed E-state index contributed by atoms with van der Waals surface area (Å²) in [4.78, 5) is 8.20. The van der Waals surface area contributed by atoms with Crippen molar-refractivity contribution in [2.45, 2.75) is 32.4 Å². The van der Waals surface area contributed by atoms with Gasteiger partial charge < -0.3 is 15.2 Å². The maximum atomic E-state index is 5.97. The third kappa shape index (κ3) is 3.75. The average Bonchev–Trinajstić information content (AvgIpc) is 2.25. The third-order valence-electron chi connectivity index (χ3n) is 1.93. The first-order valence-electron chi connectivity index (χ1n) is 5.18. The van der Waals surface area contributed by atoms with Crippen LogP contribution in [0.4, 0.5) is 0 Å². The van der Waals surface area contributed by atoms with Crippen molar-refractivity contribution in [3.05, 3.63) is 18.1 Å². The minimum atomic E-state index is -0.331. The summed E-state index contributed by atoms with van der Waals surface area (Å²) in [5.74, 6) is 0.451. The number of rotatable bonds is 4. The van der Waals surface area contributed by atoms with E-state index in [1.54, 1.807) is 19.5 Å². The quantitative estimate of drug-likeness (QED) is 0.836. The summed E-state index contributed by atoms with van der Waals surface area (Å²) < 4.78 is 10.7. The van der Waals surface area contributed by atoms with Crippen molar-refractivity contribution >= 4 is 0 Å². The molecule has 90 valence electrons. The lowest BCUT2D eigenvalue weighted by atomic mass is 10.2.